The summed E-state index contributed by atoms with van der Waals surface area (Å²) < 4.78 is 0. The van der Waals surface area contributed by atoms with Gasteiger partial charge in [0.1, 0.15) is 6.33 Å². The molecule has 0 atom stereocenters. The largest absolute Gasteiger partial charge is 0.342 e. The topological polar surface area (TPSA) is 46.1 Å². The lowest BCUT2D eigenvalue weighted by Gasteiger charge is -2.17. The van der Waals surface area contributed by atoms with Crippen LogP contribution >= 0.6 is 0 Å². The first kappa shape index (κ1) is 11.6. The summed E-state index contributed by atoms with van der Waals surface area (Å²) in [4.78, 5) is 21.5. The molecule has 0 spiro atoms. The first-order valence-corrected chi connectivity index (χ1v) is 5.19. The lowest BCUT2D eigenvalue weighted by Crippen LogP contribution is -2.28. The van der Waals surface area contributed by atoms with Gasteiger partial charge in [-0.15, -0.1) is 0 Å². The van der Waals surface area contributed by atoms with Gasteiger partial charge in [-0.2, -0.15) is 0 Å². The summed E-state index contributed by atoms with van der Waals surface area (Å²) in [5.41, 5.74) is 1.33. The van der Waals surface area contributed by atoms with E-state index in [9.17, 15) is 4.79 Å². The van der Waals surface area contributed by atoms with Gasteiger partial charge in [-0.25, -0.2) is 9.97 Å². The standard InChI is InChI=1S/C11H17N3O/c1-4-5-6-14(3)11(15)10-7-12-8-13-9(10)2/h7-8H,4-6H2,1-3H3. The molecule has 0 saturated carbocycles. The highest BCUT2D eigenvalue weighted by Crippen LogP contribution is 2.06. The van der Waals surface area contributed by atoms with E-state index in [4.69, 9.17) is 0 Å². The number of amides is 1. The molecule has 15 heavy (non-hydrogen) atoms. The summed E-state index contributed by atoms with van der Waals surface area (Å²) in [5, 5.41) is 0. The quantitative estimate of drug-likeness (QED) is 0.754. The third kappa shape index (κ3) is 3.01. The fourth-order valence-electron chi connectivity index (χ4n) is 1.30. The van der Waals surface area contributed by atoms with Crippen molar-refractivity contribution in [2.75, 3.05) is 13.6 Å². The zero-order chi connectivity index (χ0) is 11.3. The zero-order valence-electron chi connectivity index (χ0n) is 9.53. The molecular weight excluding hydrogens is 190 g/mol. The second-order valence-corrected chi connectivity index (χ2v) is 3.60. The molecule has 4 heteroatoms. The number of rotatable bonds is 4. The van der Waals surface area contributed by atoms with E-state index in [0.29, 0.717) is 5.56 Å². The van der Waals surface area contributed by atoms with Gasteiger partial charge in [0, 0.05) is 19.8 Å². The third-order valence-electron chi connectivity index (χ3n) is 2.34. The number of carbonyl (C=O) groups excluding carboxylic acids is 1. The Labute approximate surface area is 90.3 Å². The second kappa shape index (κ2) is 5.44. The molecule has 4 nitrogen and oxygen atoms in total. The van der Waals surface area contributed by atoms with Crippen molar-refractivity contribution in [1.29, 1.82) is 0 Å². The van der Waals surface area contributed by atoms with Crippen LogP contribution in [0.5, 0.6) is 0 Å². The van der Waals surface area contributed by atoms with Gasteiger partial charge in [0.15, 0.2) is 0 Å². The fraction of sp³-hybridized carbons (Fsp3) is 0.545. The van der Waals surface area contributed by atoms with Crippen molar-refractivity contribution in [2.24, 2.45) is 0 Å². The highest BCUT2D eigenvalue weighted by molar-refractivity contribution is 5.94. The van der Waals surface area contributed by atoms with Crippen LogP contribution in [0.4, 0.5) is 0 Å². The smallest absolute Gasteiger partial charge is 0.257 e. The van der Waals surface area contributed by atoms with Crippen LogP contribution < -0.4 is 0 Å². The Morgan fingerprint density at radius 2 is 2.27 bits per heavy atom. The number of aromatic nitrogens is 2. The van der Waals surface area contributed by atoms with E-state index in [2.05, 4.69) is 16.9 Å². The van der Waals surface area contributed by atoms with Gasteiger partial charge in [0.2, 0.25) is 0 Å². The predicted octanol–water partition coefficient (Wildman–Crippen LogP) is 1.66. The monoisotopic (exact) mass is 207 g/mol. The average Bonchev–Trinajstić information content (AvgIpc) is 2.25. The number of unbranched alkanes of at least 4 members (excludes halogenated alkanes) is 1. The second-order valence-electron chi connectivity index (χ2n) is 3.60. The summed E-state index contributed by atoms with van der Waals surface area (Å²) in [7, 11) is 1.81. The summed E-state index contributed by atoms with van der Waals surface area (Å²) in [6.07, 6.45) is 5.14. The molecule has 0 radical (unpaired) electrons. The Morgan fingerprint density at radius 1 is 1.53 bits per heavy atom. The van der Waals surface area contributed by atoms with Crippen molar-refractivity contribution < 1.29 is 4.79 Å². The molecule has 1 aromatic heterocycles. The van der Waals surface area contributed by atoms with Crippen LogP contribution in [0.15, 0.2) is 12.5 Å². The van der Waals surface area contributed by atoms with Crippen LogP contribution in [0.25, 0.3) is 0 Å². The van der Waals surface area contributed by atoms with Crippen LogP contribution in [0, 0.1) is 6.92 Å². The van der Waals surface area contributed by atoms with Crippen molar-refractivity contribution in [3.05, 3.63) is 23.8 Å². The highest BCUT2D eigenvalue weighted by atomic mass is 16.2. The van der Waals surface area contributed by atoms with Crippen LogP contribution in [0.3, 0.4) is 0 Å². The van der Waals surface area contributed by atoms with E-state index in [1.807, 2.05) is 14.0 Å². The summed E-state index contributed by atoms with van der Waals surface area (Å²) in [6.45, 7) is 4.71. The Balaban J connectivity index is 2.72. The fourth-order valence-corrected chi connectivity index (χ4v) is 1.30. The van der Waals surface area contributed by atoms with Crippen molar-refractivity contribution >= 4 is 5.91 Å². The SMILES string of the molecule is CCCCN(C)C(=O)c1cncnc1C. The molecule has 0 unspecified atom stereocenters. The minimum absolute atomic E-state index is 0.00144. The highest BCUT2D eigenvalue weighted by Gasteiger charge is 2.13. The van der Waals surface area contributed by atoms with Crippen LogP contribution in [0.1, 0.15) is 35.8 Å². The van der Waals surface area contributed by atoms with Gasteiger partial charge in [-0.05, 0) is 13.3 Å². The van der Waals surface area contributed by atoms with Gasteiger partial charge >= 0.3 is 0 Å². The van der Waals surface area contributed by atoms with Crippen LogP contribution in [-0.4, -0.2) is 34.4 Å². The van der Waals surface area contributed by atoms with E-state index >= 15 is 0 Å². The minimum Gasteiger partial charge on any atom is -0.342 e. The molecule has 0 aromatic carbocycles. The third-order valence-corrected chi connectivity index (χ3v) is 2.34. The Morgan fingerprint density at radius 3 is 2.87 bits per heavy atom. The Kier molecular flexibility index (Phi) is 4.21. The maximum atomic E-state index is 11.9. The first-order valence-electron chi connectivity index (χ1n) is 5.19. The predicted molar refractivity (Wildman–Crippen MR) is 58.6 cm³/mol. The normalized spacial score (nSPS) is 10.1. The molecule has 82 valence electrons. The Hall–Kier alpha value is -1.45. The summed E-state index contributed by atoms with van der Waals surface area (Å²) in [6, 6.07) is 0. The lowest BCUT2D eigenvalue weighted by molar-refractivity contribution is 0.0791. The van der Waals surface area contributed by atoms with E-state index in [0.717, 1.165) is 25.1 Å². The molecule has 0 aliphatic rings. The number of carbonyl (C=O) groups is 1. The van der Waals surface area contributed by atoms with E-state index < -0.39 is 0 Å². The lowest BCUT2D eigenvalue weighted by atomic mass is 10.2. The summed E-state index contributed by atoms with van der Waals surface area (Å²) in [5.74, 6) is 0.00144. The van der Waals surface area contributed by atoms with Gasteiger partial charge < -0.3 is 4.90 Å². The first-order chi connectivity index (χ1) is 7.16. The maximum absolute atomic E-state index is 11.9. The molecule has 1 heterocycles. The van der Waals surface area contributed by atoms with Gasteiger partial charge in [0.25, 0.3) is 5.91 Å². The maximum Gasteiger partial charge on any atom is 0.257 e. The molecule has 0 aliphatic heterocycles. The summed E-state index contributed by atoms with van der Waals surface area (Å²) >= 11 is 0. The van der Waals surface area contributed by atoms with Crippen molar-refractivity contribution in [3.8, 4) is 0 Å². The van der Waals surface area contributed by atoms with Crippen LogP contribution in [-0.2, 0) is 0 Å². The zero-order valence-corrected chi connectivity index (χ0v) is 9.53. The molecule has 0 N–H and O–H groups in total. The van der Waals surface area contributed by atoms with E-state index in [-0.39, 0.29) is 5.91 Å². The van der Waals surface area contributed by atoms with E-state index in [1.165, 1.54) is 6.33 Å². The Bertz CT molecular complexity index is 338. The van der Waals surface area contributed by atoms with Crippen LogP contribution in [0.2, 0.25) is 0 Å². The molecule has 0 aliphatic carbocycles. The van der Waals surface area contributed by atoms with Gasteiger partial charge in [-0.1, -0.05) is 13.3 Å². The van der Waals surface area contributed by atoms with E-state index in [1.54, 1.807) is 11.1 Å². The van der Waals surface area contributed by atoms with Crippen molar-refractivity contribution in [3.63, 3.8) is 0 Å². The molecule has 0 saturated heterocycles. The molecule has 1 aromatic rings. The average molecular weight is 207 g/mol. The molecule has 1 amide bonds. The van der Waals surface area contributed by atoms with Gasteiger partial charge in [0.05, 0.1) is 11.3 Å². The number of aryl methyl sites for hydroxylation is 1. The van der Waals surface area contributed by atoms with Crippen molar-refractivity contribution in [1.82, 2.24) is 14.9 Å². The number of nitrogens with zero attached hydrogens (tertiary/aromatic N) is 3. The molecular formula is C11H17N3O. The number of hydrogen-bond donors (Lipinski definition) is 0. The molecule has 1 rings (SSSR count). The van der Waals surface area contributed by atoms with Gasteiger partial charge in [-0.3, -0.25) is 4.79 Å². The number of hydrogen-bond acceptors (Lipinski definition) is 3. The minimum atomic E-state index is 0.00144. The molecule has 0 bridgehead atoms. The van der Waals surface area contributed by atoms with Crippen molar-refractivity contribution in [2.45, 2.75) is 26.7 Å². The molecule has 0 fully saturated rings.